The van der Waals surface area contributed by atoms with E-state index in [-0.39, 0.29) is 5.56 Å². The van der Waals surface area contributed by atoms with E-state index in [0.29, 0.717) is 13.1 Å². The standard InChI is InChI=1S/C9H13N3O/c1-8-6-9(13)12(11-7-8)5-3-2-4-10/h2-3,6-7H,4-5,10H2,1H3/b3-2+. The van der Waals surface area contributed by atoms with Gasteiger partial charge in [-0.1, -0.05) is 12.2 Å². The average Bonchev–Trinajstić information content (AvgIpc) is 2.09. The summed E-state index contributed by atoms with van der Waals surface area (Å²) in [6, 6.07) is 1.56. The van der Waals surface area contributed by atoms with Crippen molar-refractivity contribution in [3.8, 4) is 0 Å². The first-order valence-electron chi connectivity index (χ1n) is 4.13. The molecule has 0 unspecified atom stereocenters. The topological polar surface area (TPSA) is 60.9 Å². The molecule has 13 heavy (non-hydrogen) atoms. The van der Waals surface area contributed by atoms with Crippen LogP contribution in [0.2, 0.25) is 0 Å². The first-order valence-corrected chi connectivity index (χ1v) is 4.13. The third-order valence-electron chi connectivity index (χ3n) is 1.59. The Kier molecular flexibility index (Phi) is 3.40. The fourth-order valence-corrected chi connectivity index (χ4v) is 0.932. The zero-order valence-electron chi connectivity index (χ0n) is 7.60. The molecule has 0 saturated heterocycles. The molecule has 4 heteroatoms. The van der Waals surface area contributed by atoms with Crippen LogP contribution < -0.4 is 11.3 Å². The highest BCUT2D eigenvalue weighted by Crippen LogP contribution is 1.86. The molecule has 1 aromatic rings. The van der Waals surface area contributed by atoms with Gasteiger partial charge in [0.05, 0.1) is 12.7 Å². The lowest BCUT2D eigenvalue weighted by molar-refractivity contribution is 0.647. The van der Waals surface area contributed by atoms with Gasteiger partial charge in [-0.15, -0.1) is 0 Å². The molecule has 1 aromatic heterocycles. The van der Waals surface area contributed by atoms with Gasteiger partial charge in [0.25, 0.3) is 5.56 Å². The van der Waals surface area contributed by atoms with Gasteiger partial charge in [0.1, 0.15) is 0 Å². The smallest absolute Gasteiger partial charge is 0.267 e. The number of nitrogens with zero attached hydrogens (tertiary/aromatic N) is 2. The summed E-state index contributed by atoms with van der Waals surface area (Å²) >= 11 is 0. The van der Waals surface area contributed by atoms with E-state index in [4.69, 9.17) is 5.73 Å². The molecule has 0 bridgehead atoms. The van der Waals surface area contributed by atoms with E-state index in [0.717, 1.165) is 5.56 Å². The van der Waals surface area contributed by atoms with Crippen LogP contribution in [-0.4, -0.2) is 16.3 Å². The first-order chi connectivity index (χ1) is 6.24. The Bertz CT molecular complexity index is 354. The van der Waals surface area contributed by atoms with Gasteiger partial charge in [-0.3, -0.25) is 4.79 Å². The monoisotopic (exact) mass is 179 g/mol. The highest BCUT2D eigenvalue weighted by molar-refractivity contribution is 5.02. The minimum atomic E-state index is -0.0818. The van der Waals surface area contributed by atoms with Crippen LogP contribution in [0, 0.1) is 6.92 Å². The van der Waals surface area contributed by atoms with Crippen molar-refractivity contribution in [3.63, 3.8) is 0 Å². The predicted molar refractivity (Wildman–Crippen MR) is 51.4 cm³/mol. The molecule has 0 saturated carbocycles. The van der Waals surface area contributed by atoms with E-state index in [9.17, 15) is 4.79 Å². The van der Waals surface area contributed by atoms with E-state index >= 15 is 0 Å². The van der Waals surface area contributed by atoms with Gasteiger partial charge in [0, 0.05) is 12.6 Å². The van der Waals surface area contributed by atoms with E-state index in [1.54, 1.807) is 18.3 Å². The number of nitrogens with two attached hydrogens (primary N) is 1. The van der Waals surface area contributed by atoms with Crippen molar-refractivity contribution >= 4 is 0 Å². The lowest BCUT2D eigenvalue weighted by atomic mass is 10.3. The summed E-state index contributed by atoms with van der Waals surface area (Å²) in [7, 11) is 0. The van der Waals surface area contributed by atoms with Crippen LogP contribution >= 0.6 is 0 Å². The quantitative estimate of drug-likeness (QED) is 0.668. The number of aryl methyl sites for hydroxylation is 1. The van der Waals surface area contributed by atoms with Crippen molar-refractivity contribution in [1.82, 2.24) is 9.78 Å². The Hall–Kier alpha value is -1.42. The Labute approximate surface area is 76.7 Å². The zero-order chi connectivity index (χ0) is 9.68. The molecule has 0 fully saturated rings. The molecule has 0 aliphatic carbocycles. The normalized spacial score (nSPS) is 10.9. The van der Waals surface area contributed by atoms with Crippen molar-refractivity contribution in [1.29, 1.82) is 0 Å². The minimum Gasteiger partial charge on any atom is -0.327 e. The maximum absolute atomic E-state index is 11.3. The average molecular weight is 179 g/mol. The number of hydrogen-bond acceptors (Lipinski definition) is 3. The molecule has 0 atom stereocenters. The van der Waals surface area contributed by atoms with Crippen LogP contribution in [-0.2, 0) is 6.54 Å². The molecular formula is C9H13N3O. The van der Waals surface area contributed by atoms with Crippen LogP contribution in [0.5, 0.6) is 0 Å². The number of rotatable bonds is 3. The molecule has 70 valence electrons. The van der Waals surface area contributed by atoms with Gasteiger partial charge in [0.15, 0.2) is 0 Å². The summed E-state index contributed by atoms with van der Waals surface area (Å²) in [4.78, 5) is 11.3. The van der Waals surface area contributed by atoms with Crippen LogP contribution in [0.15, 0.2) is 29.2 Å². The second-order valence-electron chi connectivity index (χ2n) is 2.76. The SMILES string of the molecule is Cc1cnn(C/C=C/CN)c(=O)c1. The summed E-state index contributed by atoms with van der Waals surface area (Å²) in [5.74, 6) is 0. The lowest BCUT2D eigenvalue weighted by Crippen LogP contribution is -2.21. The second-order valence-corrected chi connectivity index (χ2v) is 2.76. The largest absolute Gasteiger partial charge is 0.327 e. The molecule has 0 aliphatic heterocycles. The van der Waals surface area contributed by atoms with Gasteiger partial charge in [-0.2, -0.15) is 5.10 Å². The third-order valence-corrected chi connectivity index (χ3v) is 1.59. The summed E-state index contributed by atoms with van der Waals surface area (Å²) < 4.78 is 1.39. The number of aromatic nitrogens is 2. The van der Waals surface area contributed by atoms with Crippen LogP contribution in [0.4, 0.5) is 0 Å². The fraction of sp³-hybridized carbons (Fsp3) is 0.333. The van der Waals surface area contributed by atoms with E-state index in [1.807, 2.05) is 13.0 Å². The van der Waals surface area contributed by atoms with Gasteiger partial charge in [-0.05, 0) is 12.5 Å². The summed E-state index contributed by atoms with van der Waals surface area (Å²) in [6.07, 6.45) is 5.29. The Morgan fingerprint density at radius 1 is 1.62 bits per heavy atom. The molecule has 1 heterocycles. The van der Waals surface area contributed by atoms with Crippen LogP contribution in [0.3, 0.4) is 0 Å². The molecule has 4 nitrogen and oxygen atoms in total. The molecule has 0 aromatic carbocycles. The molecule has 0 spiro atoms. The summed E-state index contributed by atoms with van der Waals surface area (Å²) in [6.45, 7) is 2.81. The first kappa shape index (κ1) is 9.67. The molecule has 0 amide bonds. The molecular weight excluding hydrogens is 166 g/mol. The molecule has 0 radical (unpaired) electrons. The van der Waals surface area contributed by atoms with Crippen molar-refractivity contribution in [2.24, 2.45) is 5.73 Å². The van der Waals surface area contributed by atoms with Gasteiger partial charge >= 0.3 is 0 Å². The Morgan fingerprint density at radius 2 is 2.38 bits per heavy atom. The summed E-state index contributed by atoms with van der Waals surface area (Å²) in [5.41, 5.74) is 6.06. The lowest BCUT2D eigenvalue weighted by Gasteiger charge is -1.99. The third kappa shape index (κ3) is 2.83. The molecule has 0 aliphatic rings. The Morgan fingerprint density at radius 3 is 3.00 bits per heavy atom. The molecule has 1 rings (SSSR count). The van der Waals surface area contributed by atoms with Gasteiger partial charge < -0.3 is 5.73 Å². The van der Waals surface area contributed by atoms with Crippen molar-refractivity contribution < 1.29 is 0 Å². The van der Waals surface area contributed by atoms with Crippen molar-refractivity contribution in [2.75, 3.05) is 6.54 Å². The second kappa shape index (κ2) is 4.57. The van der Waals surface area contributed by atoms with Crippen LogP contribution in [0.1, 0.15) is 5.56 Å². The predicted octanol–water partition coefficient (Wildman–Crippen LogP) is 0.0666. The van der Waals surface area contributed by atoms with E-state index in [2.05, 4.69) is 5.10 Å². The van der Waals surface area contributed by atoms with Crippen molar-refractivity contribution in [3.05, 3.63) is 40.3 Å². The number of hydrogen-bond donors (Lipinski definition) is 1. The maximum atomic E-state index is 11.3. The van der Waals surface area contributed by atoms with Gasteiger partial charge in [0.2, 0.25) is 0 Å². The van der Waals surface area contributed by atoms with Crippen LogP contribution in [0.25, 0.3) is 0 Å². The molecule has 2 N–H and O–H groups in total. The minimum absolute atomic E-state index is 0.0818. The van der Waals surface area contributed by atoms with Gasteiger partial charge in [-0.25, -0.2) is 4.68 Å². The fourth-order valence-electron chi connectivity index (χ4n) is 0.932. The highest BCUT2D eigenvalue weighted by Gasteiger charge is 1.93. The number of allylic oxidation sites excluding steroid dienone is 1. The Balaban J connectivity index is 2.78. The highest BCUT2D eigenvalue weighted by atomic mass is 16.1. The maximum Gasteiger partial charge on any atom is 0.267 e. The summed E-state index contributed by atoms with van der Waals surface area (Å²) in [5, 5.41) is 3.96. The van der Waals surface area contributed by atoms with Crippen molar-refractivity contribution in [2.45, 2.75) is 13.5 Å². The van der Waals surface area contributed by atoms with E-state index < -0.39 is 0 Å². The zero-order valence-corrected chi connectivity index (χ0v) is 7.60. The van der Waals surface area contributed by atoms with E-state index in [1.165, 1.54) is 4.68 Å².